The summed E-state index contributed by atoms with van der Waals surface area (Å²) in [6.45, 7) is 2.03. The number of carboxylic acid groups (broad SMARTS) is 1. The van der Waals surface area contributed by atoms with E-state index in [9.17, 15) is 9.59 Å². The van der Waals surface area contributed by atoms with Crippen LogP contribution in [0.1, 0.15) is 13.3 Å². The van der Waals surface area contributed by atoms with E-state index in [1.165, 1.54) is 16.7 Å². The van der Waals surface area contributed by atoms with Crippen LogP contribution >= 0.6 is 11.8 Å². The van der Waals surface area contributed by atoms with Crippen LogP contribution in [0, 0.1) is 11.8 Å². The van der Waals surface area contributed by atoms with Gasteiger partial charge in [0.1, 0.15) is 6.04 Å². The zero-order valence-corrected chi connectivity index (χ0v) is 8.79. The van der Waals surface area contributed by atoms with Crippen LogP contribution in [0.15, 0.2) is 0 Å². The molecule has 1 heterocycles. The normalized spacial score (nSPS) is 35.8. The molecule has 0 aromatic carbocycles. The van der Waals surface area contributed by atoms with Gasteiger partial charge in [-0.1, -0.05) is 6.92 Å². The summed E-state index contributed by atoms with van der Waals surface area (Å²) >= 11 is 1.52. The number of hydrogen-bond acceptors (Lipinski definition) is 3. The smallest absolute Gasteiger partial charge is 0.327 e. The van der Waals surface area contributed by atoms with E-state index in [0.29, 0.717) is 17.5 Å². The lowest BCUT2D eigenvalue weighted by Crippen LogP contribution is -2.42. The largest absolute Gasteiger partial charge is 0.480 e. The number of carboxylic acids is 1. The van der Waals surface area contributed by atoms with Gasteiger partial charge in [0.2, 0.25) is 5.91 Å². The lowest BCUT2D eigenvalue weighted by Gasteiger charge is -2.20. The molecule has 5 heteroatoms. The second-order valence-electron chi connectivity index (χ2n) is 3.98. The van der Waals surface area contributed by atoms with Crippen LogP contribution in [-0.2, 0) is 9.59 Å². The number of nitrogens with zero attached hydrogens (tertiary/aromatic N) is 1. The SMILES string of the molecule is CC1CC1C(=O)N1CSC[C@H]1C(=O)O. The van der Waals surface area contributed by atoms with Gasteiger partial charge in [0.15, 0.2) is 0 Å². The highest BCUT2D eigenvalue weighted by molar-refractivity contribution is 7.99. The molecule has 2 fully saturated rings. The van der Waals surface area contributed by atoms with Gasteiger partial charge in [0.05, 0.1) is 5.88 Å². The van der Waals surface area contributed by atoms with Gasteiger partial charge in [-0.25, -0.2) is 4.79 Å². The van der Waals surface area contributed by atoms with E-state index in [0.717, 1.165) is 6.42 Å². The van der Waals surface area contributed by atoms with Crippen LogP contribution in [0.2, 0.25) is 0 Å². The molecule has 1 N–H and O–H groups in total. The van der Waals surface area contributed by atoms with Gasteiger partial charge in [0, 0.05) is 11.7 Å². The minimum atomic E-state index is -0.878. The average Bonchev–Trinajstić information content (AvgIpc) is 2.69. The molecule has 1 aliphatic carbocycles. The Hall–Kier alpha value is -0.710. The zero-order chi connectivity index (χ0) is 10.3. The topological polar surface area (TPSA) is 57.6 Å². The summed E-state index contributed by atoms with van der Waals surface area (Å²) in [5.41, 5.74) is 0. The zero-order valence-electron chi connectivity index (χ0n) is 7.97. The molecule has 1 aliphatic heterocycles. The van der Waals surface area contributed by atoms with Gasteiger partial charge in [0.25, 0.3) is 0 Å². The highest BCUT2D eigenvalue weighted by Crippen LogP contribution is 2.40. The Morgan fingerprint density at radius 1 is 1.50 bits per heavy atom. The predicted molar refractivity (Wildman–Crippen MR) is 52.9 cm³/mol. The fraction of sp³-hybridized carbons (Fsp3) is 0.778. The maximum Gasteiger partial charge on any atom is 0.327 e. The van der Waals surface area contributed by atoms with E-state index in [2.05, 4.69) is 0 Å². The number of aliphatic carboxylic acids is 1. The molecule has 14 heavy (non-hydrogen) atoms. The van der Waals surface area contributed by atoms with Crippen LogP contribution in [0.3, 0.4) is 0 Å². The first-order valence-electron chi connectivity index (χ1n) is 4.72. The Bertz CT molecular complexity index is 281. The molecule has 0 aromatic rings. The van der Waals surface area contributed by atoms with Gasteiger partial charge in [-0.3, -0.25) is 4.79 Å². The molecule has 2 unspecified atom stereocenters. The molecule has 0 radical (unpaired) electrons. The molecule has 1 saturated heterocycles. The summed E-state index contributed by atoms with van der Waals surface area (Å²) < 4.78 is 0. The van der Waals surface area contributed by atoms with Gasteiger partial charge in [-0.15, -0.1) is 11.8 Å². The van der Waals surface area contributed by atoms with Crippen molar-refractivity contribution in [2.75, 3.05) is 11.6 Å². The fourth-order valence-electron chi connectivity index (χ4n) is 1.74. The highest BCUT2D eigenvalue weighted by Gasteiger charge is 2.45. The fourth-order valence-corrected chi connectivity index (χ4v) is 2.90. The first kappa shape index (κ1) is 9.83. The van der Waals surface area contributed by atoms with Crippen molar-refractivity contribution >= 4 is 23.6 Å². The monoisotopic (exact) mass is 215 g/mol. The Morgan fingerprint density at radius 3 is 2.64 bits per heavy atom. The standard InChI is InChI=1S/C9H13NO3S/c1-5-2-6(5)8(11)10-4-14-3-7(10)9(12)13/h5-7H,2-4H2,1H3,(H,12,13)/t5?,6?,7-/m0/s1. The number of thioether (sulfide) groups is 1. The van der Waals surface area contributed by atoms with Gasteiger partial charge < -0.3 is 10.0 Å². The molecule has 3 atom stereocenters. The van der Waals surface area contributed by atoms with E-state index >= 15 is 0 Å². The Kier molecular flexibility index (Phi) is 2.43. The molecule has 78 valence electrons. The summed E-state index contributed by atoms with van der Waals surface area (Å²) in [5.74, 6) is 0.769. The summed E-state index contributed by atoms with van der Waals surface area (Å²) in [4.78, 5) is 24.1. The molecule has 0 aromatic heterocycles. The van der Waals surface area contributed by atoms with Gasteiger partial charge in [-0.2, -0.15) is 0 Å². The van der Waals surface area contributed by atoms with Crippen molar-refractivity contribution in [3.63, 3.8) is 0 Å². The van der Waals surface area contributed by atoms with Crippen LogP contribution in [0.5, 0.6) is 0 Å². The van der Waals surface area contributed by atoms with Crippen LogP contribution in [0.25, 0.3) is 0 Å². The first-order chi connectivity index (χ1) is 6.61. The number of carbonyl (C=O) groups excluding carboxylic acids is 1. The first-order valence-corrected chi connectivity index (χ1v) is 5.87. The van der Waals surface area contributed by atoms with Crippen LogP contribution < -0.4 is 0 Å². The summed E-state index contributed by atoms with van der Waals surface area (Å²) in [5, 5.41) is 8.89. The van der Waals surface area contributed by atoms with Crippen LogP contribution in [-0.4, -0.2) is 39.6 Å². The van der Waals surface area contributed by atoms with Crippen molar-refractivity contribution in [1.29, 1.82) is 0 Å². The van der Waals surface area contributed by atoms with E-state index in [-0.39, 0.29) is 11.8 Å². The van der Waals surface area contributed by atoms with E-state index in [4.69, 9.17) is 5.11 Å². The van der Waals surface area contributed by atoms with Crippen molar-refractivity contribution < 1.29 is 14.7 Å². The molecule has 2 aliphatic rings. The number of amides is 1. The van der Waals surface area contributed by atoms with Crippen molar-refractivity contribution in [2.24, 2.45) is 11.8 Å². The van der Waals surface area contributed by atoms with Gasteiger partial charge >= 0.3 is 5.97 Å². The summed E-state index contributed by atoms with van der Waals surface area (Å²) in [6.07, 6.45) is 0.923. The maximum absolute atomic E-state index is 11.8. The quantitative estimate of drug-likeness (QED) is 0.734. The third kappa shape index (κ3) is 1.61. The average molecular weight is 215 g/mol. The van der Waals surface area contributed by atoms with E-state index in [1.54, 1.807) is 0 Å². The number of rotatable bonds is 2. The molecule has 1 saturated carbocycles. The Morgan fingerprint density at radius 2 is 2.14 bits per heavy atom. The van der Waals surface area contributed by atoms with E-state index < -0.39 is 12.0 Å². The third-order valence-corrected chi connectivity index (χ3v) is 3.89. The minimum Gasteiger partial charge on any atom is -0.480 e. The highest BCUT2D eigenvalue weighted by atomic mass is 32.2. The van der Waals surface area contributed by atoms with Crippen molar-refractivity contribution in [3.05, 3.63) is 0 Å². The summed E-state index contributed by atoms with van der Waals surface area (Å²) in [6, 6.07) is -0.597. The van der Waals surface area contributed by atoms with Crippen LogP contribution in [0.4, 0.5) is 0 Å². The van der Waals surface area contributed by atoms with E-state index in [1.807, 2.05) is 6.92 Å². The molecule has 4 nitrogen and oxygen atoms in total. The molecule has 0 spiro atoms. The molecule has 2 rings (SSSR count). The number of carbonyl (C=O) groups is 2. The summed E-state index contributed by atoms with van der Waals surface area (Å²) in [7, 11) is 0. The minimum absolute atomic E-state index is 0.0369. The van der Waals surface area contributed by atoms with Gasteiger partial charge in [-0.05, 0) is 12.3 Å². The third-order valence-electron chi connectivity index (χ3n) is 2.88. The second-order valence-corrected chi connectivity index (χ2v) is 4.98. The number of hydrogen-bond donors (Lipinski definition) is 1. The molecule has 0 bridgehead atoms. The van der Waals surface area contributed by atoms with Crippen molar-refractivity contribution in [1.82, 2.24) is 4.90 Å². The second kappa shape index (κ2) is 3.46. The molecular formula is C9H13NO3S. The van der Waals surface area contributed by atoms with Crippen molar-refractivity contribution in [3.8, 4) is 0 Å². The lowest BCUT2D eigenvalue weighted by molar-refractivity contribution is -0.148. The Balaban J connectivity index is 2.02. The molecular weight excluding hydrogens is 202 g/mol. The Labute approximate surface area is 86.6 Å². The predicted octanol–water partition coefficient (Wildman–Crippen LogP) is 0.629. The molecule has 1 amide bonds. The van der Waals surface area contributed by atoms with Crippen molar-refractivity contribution in [2.45, 2.75) is 19.4 Å². The maximum atomic E-state index is 11.8. The lowest BCUT2D eigenvalue weighted by atomic mass is 10.2.